The summed E-state index contributed by atoms with van der Waals surface area (Å²) in [4.78, 5) is 0. The van der Waals surface area contributed by atoms with E-state index in [-0.39, 0.29) is 11.8 Å². The van der Waals surface area contributed by atoms with Gasteiger partial charge in [-0.05, 0) is 32.1 Å². The zero-order valence-corrected chi connectivity index (χ0v) is 10.8. The monoisotopic (exact) mass is 236 g/mol. The molecule has 0 aliphatic carbocycles. The Morgan fingerprint density at radius 3 is 2.27 bits per heavy atom. The lowest BCUT2D eigenvalue weighted by atomic mass is 10.2. The minimum absolute atomic E-state index is 0.144. The minimum atomic E-state index is -3.07. The summed E-state index contributed by atoms with van der Waals surface area (Å²) < 4.78 is 25.5. The van der Waals surface area contributed by atoms with E-state index in [9.17, 15) is 8.42 Å². The van der Waals surface area contributed by atoms with Gasteiger partial charge in [-0.1, -0.05) is 13.8 Å². The van der Waals surface area contributed by atoms with E-state index in [1.54, 1.807) is 0 Å². The second-order valence-electron chi connectivity index (χ2n) is 4.52. The Morgan fingerprint density at radius 2 is 1.80 bits per heavy atom. The van der Waals surface area contributed by atoms with Gasteiger partial charge in [0.1, 0.15) is 0 Å². The molecule has 0 aliphatic rings. The Labute approximate surface area is 93.7 Å². The summed E-state index contributed by atoms with van der Waals surface area (Å²) in [6.45, 7) is 6.46. The van der Waals surface area contributed by atoms with Crippen molar-refractivity contribution in [1.82, 2.24) is 4.72 Å². The standard InChI is InChI=1S/C10H24N2O2S/c1-9(2)6-8-15(13,14)12-7-4-5-10(3)11/h9-10,12H,4-8,11H2,1-3H3. The van der Waals surface area contributed by atoms with E-state index in [0.717, 1.165) is 12.8 Å². The fourth-order valence-corrected chi connectivity index (χ4v) is 2.50. The molecule has 0 aliphatic heterocycles. The first-order chi connectivity index (χ1) is 6.83. The van der Waals surface area contributed by atoms with Gasteiger partial charge in [0.15, 0.2) is 0 Å². The summed E-state index contributed by atoms with van der Waals surface area (Å²) >= 11 is 0. The maximum atomic E-state index is 11.4. The molecule has 1 atom stereocenters. The first-order valence-corrected chi connectivity index (χ1v) is 7.21. The first-order valence-electron chi connectivity index (χ1n) is 5.56. The molecule has 0 aromatic rings. The fourth-order valence-electron chi connectivity index (χ4n) is 1.11. The topological polar surface area (TPSA) is 72.2 Å². The van der Waals surface area contributed by atoms with Crippen LogP contribution in [-0.4, -0.2) is 26.8 Å². The molecule has 0 saturated heterocycles. The molecule has 3 N–H and O–H groups in total. The van der Waals surface area contributed by atoms with Crippen molar-refractivity contribution < 1.29 is 8.42 Å². The molecule has 0 bridgehead atoms. The van der Waals surface area contributed by atoms with Gasteiger partial charge in [0.25, 0.3) is 0 Å². The molecular weight excluding hydrogens is 212 g/mol. The Bertz CT molecular complexity index is 248. The van der Waals surface area contributed by atoms with Gasteiger partial charge >= 0.3 is 0 Å². The molecule has 0 spiro atoms. The smallest absolute Gasteiger partial charge is 0.211 e. The zero-order valence-electron chi connectivity index (χ0n) is 9.99. The predicted octanol–water partition coefficient (Wildman–Crippen LogP) is 1.08. The highest BCUT2D eigenvalue weighted by Crippen LogP contribution is 2.02. The number of hydrogen-bond donors (Lipinski definition) is 2. The molecule has 0 radical (unpaired) electrons. The van der Waals surface area contributed by atoms with Crippen LogP contribution in [0.5, 0.6) is 0 Å². The Hall–Kier alpha value is -0.130. The van der Waals surface area contributed by atoms with E-state index in [4.69, 9.17) is 5.73 Å². The van der Waals surface area contributed by atoms with Gasteiger partial charge in [-0.3, -0.25) is 0 Å². The summed E-state index contributed by atoms with van der Waals surface area (Å²) in [6, 6.07) is 0.144. The summed E-state index contributed by atoms with van der Waals surface area (Å²) in [5.74, 6) is 0.647. The molecular formula is C10H24N2O2S. The zero-order chi connectivity index (χ0) is 11.9. The predicted molar refractivity (Wildman–Crippen MR) is 64.1 cm³/mol. The molecule has 0 heterocycles. The maximum Gasteiger partial charge on any atom is 0.211 e. The van der Waals surface area contributed by atoms with Crippen molar-refractivity contribution in [3.63, 3.8) is 0 Å². The molecule has 0 aromatic heterocycles. The number of nitrogens with one attached hydrogen (secondary N) is 1. The molecule has 0 fully saturated rings. The number of nitrogens with two attached hydrogens (primary N) is 1. The van der Waals surface area contributed by atoms with Gasteiger partial charge in [-0.15, -0.1) is 0 Å². The van der Waals surface area contributed by atoms with E-state index in [2.05, 4.69) is 4.72 Å². The quantitative estimate of drug-likeness (QED) is 0.619. The number of rotatable bonds is 8. The average Bonchev–Trinajstić information content (AvgIpc) is 2.09. The van der Waals surface area contributed by atoms with E-state index in [1.165, 1.54) is 0 Å². The van der Waals surface area contributed by atoms with Crippen LogP contribution in [0, 0.1) is 5.92 Å². The lowest BCUT2D eigenvalue weighted by Gasteiger charge is -2.09. The Balaban J connectivity index is 3.66. The van der Waals surface area contributed by atoms with Crippen LogP contribution in [0.15, 0.2) is 0 Å². The van der Waals surface area contributed by atoms with Crippen molar-refractivity contribution in [1.29, 1.82) is 0 Å². The highest BCUT2D eigenvalue weighted by Gasteiger charge is 2.10. The van der Waals surface area contributed by atoms with E-state index in [0.29, 0.717) is 18.9 Å². The molecule has 0 saturated carbocycles. The third-order valence-electron chi connectivity index (χ3n) is 2.12. The van der Waals surface area contributed by atoms with Crippen molar-refractivity contribution in [2.24, 2.45) is 11.7 Å². The van der Waals surface area contributed by atoms with Gasteiger partial charge < -0.3 is 5.73 Å². The van der Waals surface area contributed by atoms with Crippen LogP contribution >= 0.6 is 0 Å². The van der Waals surface area contributed by atoms with E-state index in [1.807, 2.05) is 20.8 Å². The summed E-state index contributed by atoms with van der Waals surface area (Å²) in [5, 5.41) is 0. The molecule has 4 nitrogen and oxygen atoms in total. The lowest BCUT2D eigenvalue weighted by molar-refractivity contribution is 0.553. The lowest BCUT2D eigenvalue weighted by Crippen LogP contribution is -2.29. The summed E-state index contributed by atoms with van der Waals surface area (Å²) in [6.07, 6.45) is 2.37. The molecule has 0 amide bonds. The normalized spacial score (nSPS) is 14.5. The second kappa shape index (κ2) is 7.19. The van der Waals surface area contributed by atoms with Gasteiger partial charge in [0, 0.05) is 12.6 Å². The molecule has 1 unspecified atom stereocenters. The van der Waals surface area contributed by atoms with Gasteiger partial charge in [-0.25, -0.2) is 13.1 Å². The molecule has 0 aromatic carbocycles. The molecule has 15 heavy (non-hydrogen) atoms. The van der Waals surface area contributed by atoms with Gasteiger partial charge in [0.05, 0.1) is 5.75 Å². The van der Waals surface area contributed by atoms with Crippen LogP contribution < -0.4 is 10.5 Å². The highest BCUT2D eigenvalue weighted by molar-refractivity contribution is 7.89. The first kappa shape index (κ1) is 14.9. The van der Waals surface area contributed by atoms with Gasteiger partial charge in [0.2, 0.25) is 10.0 Å². The largest absolute Gasteiger partial charge is 0.328 e. The number of sulfonamides is 1. The van der Waals surface area contributed by atoms with Crippen LogP contribution in [0.25, 0.3) is 0 Å². The third kappa shape index (κ3) is 10.2. The van der Waals surface area contributed by atoms with Crippen molar-refractivity contribution in [2.75, 3.05) is 12.3 Å². The third-order valence-corrected chi connectivity index (χ3v) is 3.54. The van der Waals surface area contributed by atoms with Crippen molar-refractivity contribution in [3.05, 3.63) is 0 Å². The summed E-state index contributed by atoms with van der Waals surface area (Å²) in [5.41, 5.74) is 5.56. The van der Waals surface area contributed by atoms with Crippen LogP contribution in [0.2, 0.25) is 0 Å². The van der Waals surface area contributed by atoms with Crippen molar-refractivity contribution >= 4 is 10.0 Å². The number of hydrogen-bond acceptors (Lipinski definition) is 3. The van der Waals surface area contributed by atoms with Crippen molar-refractivity contribution in [3.8, 4) is 0 Å². The van der Waals surface area contributed by atoms with Crippen LogP contribution in [0.3, 0.4) is 0 Å². The molecule has 0 rings (SSSR count). The van der Waals surface area contributed by atoms with Crippen molar-refractivity contribution in [2.45, 2.75) is 46.1 Å². The fraction of sp³-hybridized carbons (Fsp3) is 1.00. The SMILES string of the molecule is CC(C)CCS(=O)(=O)NCCCC(C)N. The Morgan fingerprint density at radius 1 is 1.20 bits per heavy atom. The highest BCUT2D eigenvalue weighted by atomic mass is 32.2. The minimum Gasteiger partial charge on any atom is -0.328 e. The molecule has 92 valence electrons. The molecule has 5 heteroatoms. The maximum absolute atomic E-state index is 11.4. The van der Waals surface area contributed by atoms with E-state index < -0.39 is 10.0 Å². The Kier molecular flexibility index (Phi) is 7.13. The average molecular weight is 236 g/mol. The van der Waals surface area contributed by atoms with Crippen LogP contribution in [-0.2, 0) is 10.0 Å². The second-order valence-corrected chi connectivity index (χ2v) is 6.44. The van der Waals surface area contributed by atoms with E-state index >= 15 is 0 Å². The van der Waals surface area contributed by atoms with Crippen LogP contribution in [0.4, 0.5) is 0 Å². The van der Waals surface area contributed by atoms with Gasteiger partial charge in [-0.2, -0.15) is 0 Å². The summed E-state index contributed by atoms with van der Waals surface area (Å²) in [7, 11) is -3.07. The van der Waals surface area contributed by atoms with Crippen LogP contribution in [0.1, 0.15) is 40.0 Å².